The molecule has 0 bridgehead atoms. The van der Waals surface area contributed by atoms with Gasteiger partial charge in [-0.3, -0.25) is 9.59 Å². The van der Waals surface area contributed by atoms with Crippen molar-refractivity contribution in [1.29, 1.82) is 10.5 Å². The maximum absolute atomic E-state index is 9.38. The van der Waals surface area contributed by atoms with Gasteiger partial charge in [-0.2, -0.15) is 10.5 Å². The third kappa shape index (κ3) is 37.7. The molecule has 6 nitrogen and oxygen atoms in total. The number of carboxylic acid groups (broad SMARTS) is 2. The number of hydrogen-bond acceptors (Lipinski definition) is 4. The topological polar surface area (TPSA) is 122 Å². The van der Waals surface area contributed by atoms with Crippen LogP contribution < -0.4 is 0 Å². The van der Waals surface area contributed by atoms with E-state index >= 15 is 0 Å². The molecular formula is C6H6FeN2O4. The number of nitriles is 2. The summed E-state index contributed by atoms with van der Waals surface area (Å²) in [5.74, 6) is -2.14. The third-order valence-electron chi connectivity index (χ3n) is 0.461. The van der Waals surface area contributed by atoms with Gasteiger partial charge in [0, 0.05) is 17.1 Å². The summed E-state index contributed by atoms with van der Waals surface area (Å²) in [6.45, 7) is 0. The smallest absolute Gasteiger partial charge is 0.317 e. The molecule has 0 fully saturated rings. The van der Waals surface area contributed by atoms with E-state index in [9.17, 15) is 9.59 Å². The minimum absolute atomic E-state index is 0. The second-order valence-electron chi connectivity index (χ2n) is 1.46. The van der Waals surface area contributed by atoms with E-state index in [1.54, 1.807) is 0 Å². The Morgan fingerprint density at radius 3 is 1.23 bits per heavy atom. The zero-order valence-corrected chi connectivity index (χ0v) is 7.48. The number of rotatable bonds is 2. The molecule has 0 aromatic rings. The minimum Gasteiger partial charge on any atom is -0.480 e. The van der Waals surface area contributed by atoms with Crippen LogP contribution in [-0.2, 0) is 26.7 Å². The van der Waals surface area contributed by atoms with E-state index in [1.165, 1.54) is 12.1 Å². The van der Waals surface area contributed by atoms with Crippen molar-refractivity contribution in [3.05, 3.63) is 0 Å². The third-order valence-corrected chi connectivity index (χ3v) is 0.461. The molecule has 0 unspecified atom stereocenters. The summed E-state index contributed by atoms with van der Waals surface area (Å²) in [5.41, 5.74) is 0. The van der Waals surface area contributed by atoms with Crippen LogP contribution in [0.5, 0.6) is 0 Å². The molecule has 72 valence electrons. The quantitative estimate of drug-likeness (QED) is 0.637. The van der Waals surface area contributed by atoms with Gasteiger partial charge < -0.3 is 10.2 Å². The van der Waals surface area contributed by atoms with Crippen molar-refractivity contribution in [2.75, 3.05) is 0 Å². The van der Waals surface area contributed by atoms with E-state index < -0.39 is 24.8 Å². The SMILES string of the molecule is N#CCC(=O)O.N#CCC(=O)O.[Fe]. The van der Waals surface area contributed by atoms with Gasteiger partial charge in [-0.25, -0.2) is 0 Å². The molecule has 0 saturated heterocycles. The Labute approximate surface area is 84.9 Å². The van der Waals surface area contributed by atoms with E-state index in [0.29, 0.717) is 0 Å². The zero-order chi connectivity index (χ0) is 9.98. The number of nitrogens with zero attached hydrogens (tertiary/aromatic N) is 2. The average molecular weight is 226 g/mol. The first-order valence-electron chi connectivity index (χ1n) is 2.72. The minimum atomic E-state index is -1.07. The monoisotopic (exact) mass is 226 g/mol. The van der Waals surface area contributed by atoms with Gasteiger partial charge in [0.2, 0.25) is 0 Å². The molecule has 0 atom stereocenters. The summed E-state index contributed by atoms with van der Waals surface area (Å²) in [7, 11) is 0. The van der Waals surface area contributed by atoms with Crippen LogP contribution in [0.15, 0.2) is 0 Å². The first kappa shape index (κ1) is 17.5. The van der Waals surface area contributed by atoms with E-state index in [4.69, 9.17) is 20.7 Å². The number of carbonyl (C=O) groups is 2. The molecular weight excluding hydrogens is 220 g/mol. The Kier molecular flexibility index (Phi) is 17.6. The van der Waals surface area contributed by atoms with Crippen molar-refractivity contribution >= 4 is 11.9 Å². The fourth-order valence-electron chi connectivity index (χ4n) is 0.135. The van der Waals surface area contributed by atoms with E-state index in [2.05, 4.69) is 0 Å². The van der Waals surface area contributed by atoms with Crippen LogP contribution in [0.4, 0.5) is 0 Å². The van der Waals surface area contributed by atoms with E-state index in [0.717, 1.165) is 0 Å². The van der Waals surface area contributed by atoms with E-state index in [-0.39, 0.29) is 17.1 Å². The zero-order valence-electron chi connectivity index (χ0n) is 6.37. The van der Waals surface area contributed by atoms with Crippen LogP contribution in [0.25, 0.3) is 0 Å². The fourth-order valence-corrected chi connectivity index (χ4v) is 0.135. The molecule has 0 spiro atoms. The van der Waals surface area contributed by atoms with Gasteiger partial charge in [-0.05, 0) is 0 Å². The maximum atomic E-state index is 9.38. The van der Waals surface area contributed by atoms with Crippen LogP contribution in [0.1, 0.15) is 12.8 Å². The predicted molar refractivity (Wildman–Crippen MR) is 35.7 cm³/mol. The largest absolute Gasteiger partial charge is 0.480 e. The molecule has 2 N–H and O–H groups in total. The second kappa shape index (κ2) is 13.1. The van der Waals surface area contributed by atoms with Crippen molar-refractivity contribution in [3.63, 3.8) is 0 Å². The summed E-state index contributed by atoms with van der Waals surface area (Å²) in [5, 5.41) is 30.6. The second-order valence-corrected chi connectivity index (χ2v) is 1.46. The van der Waals surface area contributed by atoms with Crippen LogP contribution >= 0.6 is 0 Å². The Hall–Kier alpha value is -1.56. The Morgan fingerprint density at radius 2 is 1.23 bits per heavy atom. The van der Waals surface area contributed by atoms with Gasteiger partial charge in [-0.1, -0.05) is 0 Å². The number of aliphatic carboxylic acids is 2. The van der Waals surface area contributed by atoms with Crippen LogP contribution in [0.3, 0.4) is 0 Å². The molecule has 0 aromatic heterocycles. The molecule has 0 saturated carbocycles. The van der Waals surface area contributed by atoms with Crippen molar-refractivity contribution in [1.82, 2.24) is 0 Å². The fraction of sp³-hybridized carbons (Fsp3) is 0.333. The molecule has 13 heavy (non-hydrogen) atoms. The van der Waals surface area contributed by atoms with E-state index in [1.807, 2.05) is 0 Å². The Morgan fingerprint density at radius 1 is 1.00 bits per heavy atom. The molecule has 0 rings (SSSR count). The summed E-state index contributed by atoms with van der Waals surface area (Å²) in [4.78, 5) is 18.8. The van der Waals surface area contributed by atoms with Crippen molar-refractivity contribution < 1.29 is 36.9 Å². The van der Waals surface area contributed by atoms with Gasteiger partial charge in [-0.15, -0.1) is 0 Å². The maximum Gasteiger partial charge on any atom is 0.317 e. The molecule has 7 heteroatoms. The van der Waals surface area contributed by atoms with Crippen LogP contribution in [0.2, 0.25) is 0 Å². The van der Waals surface area contributed by atoms with Crippen LogP contribution in [-0.4, -0.2) is 22.2 Å². The molecule has 0 heterocycles. The van der Waals surface area contributed by atoms with Gasteiger partial charge >= 0.3 is 11.9 Å². The number of hydrogen-bond donors (Lipinski definition) is 2. The predicted octanol–water partition coefficient (Wildman–Crippen LogP) is -0.0331. The first-order valence-corrected chi connectivity index (χ1v) is 2.72. The Balaban J connectivity index is -0.000000143. The van der Waals surface area contributed by atoms with Crippen LogP contribution in [0, 0.1) is 22.7 Å². The van der Waals surface area contributed by atoms with Crippen molar-refractivity contribution in [3.8, 4) is 12.1 Å². The van der Waals surface area contributed by atoms with Gasteiger partial charge in [0.1, 0.15) is 12.8 Å². The molecule has 0 amide bonds. The summed E-state index contributed by atoms with van der Waals surface area (Å²) in [6.07, 6.45) is -0.806. The molecule has 0 aliphatic heterocycles. The molecule has 0 aliphatic rings. The van der Waals surface area contributed by atoms with Gasteiger partial charge in [0.15, 0.2) is 0 Å². The standard InChI is InChI=1S/2C3H3NO2.Fe/c2*4-2-1-3(5)6;/h2*1H2,(H,5,6);. The summed E-state index contributed by atoms with van der Waals surface area (Å²) < 4.78 is 0. The summed E-state index contributed by atoms with van der Waals surface area (Å²) in [6, 6.07) is 2.94. The van der Waals surface area contributed by atoms with Crippen molar-refractivity contribution in [2.24, 2.45) is 0 Å². The van der Waals surface area contributed by atoms with Gasteiger partial charge in [0.05, 0.1) is 12.1 Å². The average Bonchev–Trinajstić information content (AvgIpc) is 1.87. The normalized spacial score (nSPS) is 6.00. The van der Waals surface area contributed by atoms with Gasteiger partial charge in [0.25, 0.3) is 0 Å². The first-order chi connectivity index (χ1) is 5.54. The molecule has 0 aliphatic carbocycles. The summed E-state index contributed by atoms with van der Waals surface area (Å²) >= 11 is 0. The van der Waals surface area contributed by atoms with Crippen molar-refractivity contribution in [2.45, 2.75) is 12.8 Å². The molecule has 0 radical (unpaired) electrons. The Bertz CT molecular complexity index is 214. The molecule has 0 aromatic carbocycles. The number of carboxylic acids is 2.